The van der Waals surface area contributed by atoms with Gasteiger partial charge in [0.1, 0.15) is 11.5 Å². The van der Waals surface area contributed by atoms with Crippen LogP contribution in [-0.2, 0) is 0 Å². The van der Waals surface area contributed by atoms with Crippen molar-refractivity contribution in [3.05, 3.63) is 53.0 Å². The largest absolute Gasteiger partial charge is 0.493 e. The van der Waals surface area contributed by atoms with Crippen molar-refractivity contribution in [2.24, 2.45) is 5.73 Å². The van der Waals surface area contributed by atoms with E-state index < -0.39 is 17.6 Å². The molecule has 0 saturated heterocycles. The standard InChI is InChI=1S/C19H18FN3O4/c1-9-4-10(20)5-13-11(9)6-15(22-13)19(25)23-14-8-17(27-3)16(26-2)7-12(14)18(21)24/h4-8,22H,1-3H3,(H2,21,24)(H,23,25). The summed E-state index contributed by atoms with van der Waals surface area (Å²) < 4.78 is 23.9. The fourth-order valence-corrected chi connectivity index (χ4v) is 2.87. The lowest BCUT2D eigenvalue weighted by Crippen LogP contribution is -2.19. The summed E-state index contributed by atoms with van der Waals surface area (Å²) in [5.74, 6) is -1.01. The molecule has 0 unspecified atom stereocenters. The van der Waals surface area contributed by atoms with Crippen molar-refractivity contribution in [3.8, 4) is 11.5 Å². The van der Waals surface area contributed by atoms with Crippen LogP contribution >= 0.6 is 0 Å². The summed E-state index contributed by atoms with van der Waals surface area (Å²) in [6.45, 7) is 1.75. The fraction of sp³-hybridized carbons (Fsp3) is 0.158. The Bertz CT molecular complexity index is 1060. The van der Waals surface area contributed by atoms with E-state index >= 15 is 0 Å². The average Bonchev–Trinajstić information content (AvgIpc) is 3.05. The summed E-state index contributed by atoms with van der Waals surface area (Å²) >= 11 is 0. The SMILES string of the molecule is COc1cc(NC(=O)c2cc3c(C)cc(F)cc3[nH]2)c(C(N)=O)cc1OC. The molecule has 0 bridgehead atoms. The first-order valence-electron chi connectivity index (χ1n) is 8.00. The number of aryl methyl sites for hydroxylation is 1. The number of fused-ring (bicyclic) bond motifs is 1. The molecule has 140 valence electrons. The molecule has 2 aromatic carbocycles. The summed E-state index contributed by atoms with van der Waals surface area (Å²) in [5, 5.41) is 3.35. The average molecular weight is 371 g/mol. The minimum Gasteiger partial charge on any atom is -0.493 e. The molecule has 0 fully saturated rings. The van der Waals surface area contributed by atoms with Gasteiger partial charge in [0.05, 0.1) is 25.5 Å². The van der Waals surface area contributed by atoms with Gasteiger partial charge in [0.15, 0.2) is 11.5 Å². The van der Waals surface area contributed by atoms with Crippen LogP contribution in [0.25, 0.3) is 10.9 Å². The molecule has 0 spiro atoms. The Balaban J connectivity index is 2.00. The number of aromatic amines is 1. The van der Waals surface area contributed by atoms with Gasteiger partial charge in [-0.1, -0.05) is 0 Å². The number of methoxy groups -OCH3 is 2. The molecule has 7 nitrogen and oxygen atoms in total. The van der Waals surface area contributed by atoms with Gasteiger partial charge in [-0.05, 0) is 36.8 Å². The summed E-state index contributed by atoms with van der Waals surface area (Å²) in [6.07, 6.45) is 0. The zero-order chi connectivity index (χ0) is 19.7. The molecule has 1 aromatic heterocycles. The van der Waals surface area contributed by atoms with Crippen LogP contribution in [0.4, 0.5) is 10.1 Å². The second kappa shape index (κ2) is 6.99. The van der Waals surface area contributed by atoms with Crippen LogP contribution < -0.4 is 20.5 Å². The number of amides is 2. The Morgan fingerprint density at radius 3 is 2.37 bits per heavy atom. The van der Waals surface area contributed by atoms with Gasteiger partial charge < -0.3 is 25.5 Å². The zero-order valence-electron chi connectivity index (χ0n) is 15.0. The van der Waals surface area contributed by atoms with Gasteiger partial charge in [-0.2, -0.15) is 0 Å². The Morgan fingerprint density at radius 2 is 1.74 bits per heavy atom. The predicted molar refractivity (Wildman–Crippen MR) is 99.0 cm³/mol. The van der Waals surface area contributed by atoms with Crippen LogP contribution in [0, 0.1) is 12.7 Å². The first-order valence-corrected chi connectivity index (χ1v) is 8.00. The third kappa shape index (κ3) is 3.41. The Hall–Kier alpha value is -3.55. The molecule has 3 rings (SSSR count). The van der Waals surface area contributed by atoms with Gasteiger partial charge >= 0.3 is 0 Å². The van der Waals surface area contributed by atoms with Crippen molar-refractivity contribution in [1.82, 2.24) is 4.98 Å². The summed E-state index contributed by atoms with van der Waals surface area (Å²) in [5.41, 5.74) is 7.06. The lowest BCUT2D eigenvalue weighted by atomic mass is 10.1. The fourth-order valence-electron chi connectivity index (χ4n) is 2.87. The van der Waals surface area contributed by atoms with E-state index in [1.54, 1.807) is 13.0 Å². The number of primary amides is 1. The number of anilines is 1. The van der Waals surface area contributed by atoms with E-state index in [1.807, 2.05) is 0 Å². The highest BCUT2D eigenvalue weighted by molar-refractivity contribution is 6.10. The van der Waals surface area contributed by atoms with Gasteiger partial charge in [-0.25, -0.2) is 4.39 Å². The summed E-state index contributed by atoms with van der Waals surface area (Å²) in [4.78, 5) is 27.3. The van der Waals surface area contributed by atoms with Gasteiger partial charge in [-0.15, -0.1) is 0 Å². The third-order valence-corrected chi connectivity index (χ3v) is 4.19. The molecule has 1 heterocycles. The molecular formula is C19H18FN3O4. The van der Waals surface area contributed by atoms with Crippen LogP contribution in [0.3, 0.4) is 0 Å². The molecule has 0 saturated carbocycles. The number of ether oxygens (including phenoxy) is 2. The Morgan fingerprint density at radius 1 is 1.07 bits per heavy atom. The van der Waals surface area contributed by atoms with Gasteiger partial charge in [0, 0.05) is 17.0 Å². The number of hydrogen-bond donors (Lipinski definition) is 3. The van der Waals surface area contributed by atoms with Crippen LogP contribution in [0.5, 0.6) is 11.5 Å². The van der Waals surface area contributed by atoms with E-state index in [0.29, 0.717) is 22.6 Å². The Labute approximate surface area is 154 Å². The van der Waals surface area contributed by atoms with Gasteiger partial charge in [0.2, 0.25) is 0 Å². The zero-order valence-corrected chi connectivity index (χ0v) is 15.0. The normalized spacial score (nSPS) is 10.7. The van der Waals surface area contributed by atoms with Gasteiger partial charge in [0.25, 0.3) is 11.8 Å². The van der Waals surface area contributed by atoms with Gasteiger partial charge in [-0.3, -0.25) is 9.59 Å². The lowest BCUT2D eigenvalue weighted by molar-refractivity contribution is 0.100. The number of carbonyl (C=O) groups is 2. The van der Waals surface area contributed by atoms with Crippen molar-refractivity contribution in [2.45, 2.75) is 6.92 Å². The van der Waals surface area contributed by atoms with Crippen molar-refractivity contribution < 1.29 is 23.5 Å². The molecule has 3 aromatic rings. The number of carbonyl (C=O) groups excluding carboxylic acids is 2. The second-order valence-electron chi connectivity index (χ2n) is 5.94. The highest BCUT2D eigenvalue weighted by atomic mass is 19.1. The first kappa shape index (κ1) is 18.2. The minimum absolute atomic E-state index is 0.0688. The number of aromatic nitrogens is 1. The molecule has 0 aliphatic heterocycles. The maximum Gasteiger partial charge on any atom is 0.272 e. The van der Waals surface area contributed by atoms with Crippen LogP contribution in [-0.4, -0.2) is 31.0 Å². The maximum absolute atomic E-state index is 13.6. The highest BCUT2D eigenvalue weighted by Gasteiger charge is 2.19. The maximum atomic E-state index is 13.6. The number of benzene rings is 2. The van der Waals surface area contributed by atoms with E-state index in [2.05, 4.69) is 10.3 Å². The molecule has 8 heteroatoms. The van der Waals surface area contributed by atoms with Crippen molar-refractivity contribution >= 4 is 28.4 Å². The second-order valence-corrected chi connectivity index (χ2v) is 5.94. The third-order valence-electron chi connectivity index (χ3n) is 4.19. The topological polar surface area (TPSA) is 106 Å². The molecule has 0 radical (unpaired) electrons. The molecule has 0 aliphatic rings. The van der Waals surface area contributed by atoms with Crippen molar-refractivity contribution in [1.29, 1.82) is 0 Å². The van der Waals surface area contributed by atoms with Crippen molar-refractivity contribution in [2.75, 3.05) is 19.5 Å². The van der Waals surface area contributed by atoms with Crippen molar-refractivity contribution in [3.63, 3.8) is 0 Å². The minimum atomic E-state index is -0.735. The predicted octanol–water partition coefficient (Wildman–Crippen LogP) is 2.98. The van der Waals surface area contributed by atoms with Crippen LogP contribution in [0.1, 0.15) is 26.4 Å². The first-order chi connectivity index (χ1) is 12.8. The monoisotopic (exact) mass is 371 g/mol. The van der Waals surface area contributed by atoms with Crippen LogP contribution in [0.2, 0.25) is 0 Å². The molecule has 2 amide bonds. The van der Waals surface area contributed by atoms with E-state index in [-0.39, 0.29) is 16.9 Å². The number of hydrogen-bond acceptors (Lipinski definition) is 4. The van der Waals surface area contributed by atoms with E-state index in [0.717, 1.165) is 5.39 Å². The van der Waals surface area contributed by atoms with E-state index in [4.69, 9.17) is 15.2 Å². The molecule has 4 N–H and O–H groups in total. The number of H-pyrrole nitrogens is 1. The Kier molecular flexibility index (Phi) is 4.72. The molecule has 0 aliphatic carbocycles. The smallest absolute Gasteiger partial charge is 0.272 e. The highest BCUT2D eigenvalue weighted by Crippen LogP contribution is 2.33. The number of nitrogens with one attached hydrogen (secondary N) is 2. The number of rotatable bonds is 5. The summed E-state index contributed by atoms with van der Waals surface area (Å²) in [6, 6.07) is 7.15. The molecular weight excluding hydrogens is 353 g/mol. The molecule has 0 atom stereocenters. The van der Waals surface area contributed by atoms with E-state index in [9.17, 15) is 14.0 Å². The quantitative estimate of drug-likeness (QED) is 0.641. The molecule has 27 heavy (non-hydrogen) atoms. The lowest BCUT2D eigenvalue weighted by Gasteiger charge is -2.13. The summed E-state index contributed by atoms with van der Waals surface area (Å²) in [7, 11) is 2.86. The number of halogens is 1. The number of nitrogens with two attached hydrogens (primary N) is 1. The van der Waals surface area contributed by atoms with E-state index in [1.165, 1.54) is 38.5 Å². The van der Waals surface area contributed by atoms with Crippen LogP contribution in [0.15, 0.2) is 30.3 Å².